The number of nitriles is 1. The van der Waals surface area contributed by atoms with Gasteiger partial charge >= 0.3 is 6.03 Å². The van der Waals surface area contributed by atoms with Gasteiger partial charge in [0, 0.05) is 12.6 Å². The molecular weight excluding hydrogens is 154 g/mol. The van der Waals surface area contributed by atoms with Crippen molar-refractivity contribution in [3.05, 3.63) is 0 Å². The predicted molar refractivity (Wildman–Crippen MR) is 44.3 cm³/mol. The van der Waals surface area contributed by atoms with E-state index in [0.29, 0.717) is 24.9 Å². The zero-order valence-electron chi connectivity index (χ0n) is 7.13. The molecule has 0 heterocycles. The van der Waals surface area contributed by atoms with Crippen molar-refractivity contribution in [2.45, 2.75) is 25.8 Å². The number of nitrogens with zero attached hydrogens (tertiary/aromatic N) is 1. The van der Waals surface area contributed by atoms with E-state index in [0.717, 1.165) is 6.42 Å². The Morgan fingerprint density at radius 3 is 2.92 bits per heavy atom. The summed E-state index contributed by atoms with van der Waals surface area (Å²) in [6.45, 7) is 2.53. The number of carbonyl (C=O) groups is 1. The van der Waals surface area contributed by atoms with Crippen molar-refractivity contribution in [3.8, 4) is 6.07 Å². The highest BCUT2D eigenvalue weighted by molar-refractivity contribution is 5.74. The first-order valence-corrected chi connectivity index (χ1v) is 4.15. The Hall–Kier alpha value is -1.24. The van der Waals surface area contributed by atoms with Gasteiger partial charge in [0.25, 0.3) is 0 Å². The highest BCUT2D eigenvalue weighted by atomic mass is 16.2. The molecular formula is C8H13N3O. The van der Waals surface area contributed by atoms with Crippen molar-refractivity contribution in [1.29, 1.82) is 5.26 Å². The van der Waals surface area contributed by atoms with E-state index in [1.807, 2.05) is 6.07 Å². The first kappa shape index (κ1) is 8.85. The number of carbonyl (C=O) groups excluding carboxylic acids is 1. The molecule has 0 bridgehead atoms. The first-order chi connectivity index (χ1) is 5.74. The summed E-state index contributed by atoms with van der Waals surface area (Å²) < 4.78 is 0. The second kappa shape index (κ2) is 3.96. The van der Waals surface area contributed by atoms with Crippen LogP contribution in [0.5, 0.6) is 0 Å². The normalized spacial score (nSPS) is 25.7. The minimum Gasteiger partial charge on any atom is -0.337 e. The van der Waals surface area contributed by atoms with E-state index < -0.39 is 0 Å². The Labute approximate surface area is 71.9 Å². The van der Waals surface area contributed by atoms with Gasteiger partial charge in [-0.2, -0.15) is 5.26 Å². The smallest absolute Gasteiger partial charge is 0.315 e. The molecule has 0 aliphatic heterocycles. The third-order valence-corrected chi connectivity index (χ3v) is 1.95. The van der Waals surface area contributed by atoms with Crippen LogP contribution in [0, 0.1) is 17.2 Å². The van der Waals surface area contributed by atoms with E-state index in [1.165, 1.54) is 0 Å². The third kappa shape index (κ3) is 2.79. The lowest BCUT2D eigenvalue weighted by Crippen LogP contribution is -2.37. The lowest BCUT2D eigenvalue weighted by atomic mass is 10.4. The van der Waals surface area contributed by atoms with Crippen LogP contribution < -0.4 is 10.6 Å². The fourth-order valence-electron chi connectivity index (χ4n) is 0.975. The maximum absolute atomic E-state index is 11.0. The van der Waals surface area contributed by atoms with Gasteiger partial charge in [0.05, 0.1) is 12.5 Å². The van der Waals surface area contributed by atoms with Gasteiger partial charge in [0.2, 0.25) is 0 Å². The van der Waals surface area contributed by atoms with Crippen LogP contribution in [0.3, 0.4) is 0 Å². The number of urea groups is 1. The van der Waals surface area contributed by atoms with Crippen LogP contribution in [0.25, 0.3) is 0 Å². The Morgan fingerprint density at radius 2 is 2.42 bits per heavy atom. The molecule has 1 saturated carbocycles. The lowest BCUT2D eigenvalue weighted by molar-refractivity contribution is 0.240. The number of nitrogens with one attached hydrogen (secondary N) is 2. The maximum atomic E-state index is 11.0. The Kier molecular flexibility index (Phi) is 2.92. The monoisotopic (exact) mass is 167 g/mol. The molecule has 2 N–H and O–H groups in total. The lowest BCUT2D eigenvalue weighted by Gasteiger charge is -2.03. The number of amides is 2. The molecule has 0 aromatic carbocycles. The van der Waals surface area contributed by atoms with Gasteiger partial charge in [-0.1, -0.05) is 6.92 Å². The second-order valence-electron chi connectivity index (χ2n) is 3.13. The molecule has 0 spiro atoms. The van der Waals surface area contributed by atoms with Crippen LogP contribution in [-0.2, 0) is 0 Å². The topological polar surface area (TPSA) is 64.9 Å². The van der Waals surface area contributed by atoms with E-state index in [1.54, 1.807) is 0 Å². The van der Waals surface area contributed by atoms with Gasteiger partial charge in [-0.3, -0.25) is 0 Å². The molecule has 0 saturated heterocycles. The van der Waals surface area contributed by atoms with Gasteiger partial charge in [-0.15, -0.1) is 0 Å². The highest BCUT2D eigenvalue weighted by Crippen LogP contribution is 2.28. The maximum Gasteiger partial charge on any atom is 0.315 e. The quantitative estimate of drug-likeness (QED) is 0.605. The van der Waals surface area contributed by atoms with Crippen molar-refractivity contribution in [3.63, 3.8) is 0 Å². The van der Waals surface area contributed by atoms with Crippen LogP contribution in [-0.4, -0.2) is 18.6 Å². The molecule has 66 valence electrons. The van der Waals surface area contributed by atoms with Crippen LogP contribution >= 0.6 is 0 Å². The van der Waals surface area contributed by atoms with Crippen LogP contribution in [0.1, 0.15) is 19.8 Å². The van der Waals surface area contributed by atoms with Gasteiger partial charge in [-0.25, -0.2) is 4.79 Å². The van der Waals surface area contributed by atoms with Crippen LogP contribution in [0.4, 0.5) is 4.79 Å². The minimum absolute atomic E-state index is 0.153. The van der Waals surface area contributed by atoms with Gasteiger partial charge in [-0.05, 0) is 12.3 Å². The predicted octanol–water partition coefficient (Wildman–Crippen LogP) is 0.608. The average molecular weight is 167 g/mol. The SMILES string of the molecule is CC1CC1NC(=O)NCCC#N. The molecule has 1 aliphatic rings. The van der Waals surface area contributed by atoms with Crippen LogP contribution in [0.2, 0.25) is 0 Å². The van der Waals surface area contributed by atoms with Crippen molar-refractivity contribution >= 4 is 6.03 Å². The summed E-state index contributed by atoms with van der Waals surface area (Å²) in [6, 6.07) is 2.16. The van der Waals surface area contributed by atoms with Crippen LogP contribution in [0.15, 0.2) is 0 Å². The van der Waals surface area contributed by atoms with E-state index in [9.17, 15) is 4.79 Å². The standard InChI is InChI=1S/C8H13N3O/c1-6-5-7(6)11-8(12)10-4-2-3-9/h6-7H,2,4-5H2,1H3,(H2,10,11,12). The highest BCUT2D eigenvalue weighted by Gasteiger charge is 2.33. The molecule has 2 amide bonds. The molecule has 4 heteroatoms. The number of hydrogen-bond donors (Lipinski definition) is 2. The van der Waals surface area contributed by atoms with Gasteiger partial charge < -0.3 is 10.6 Å². The summed E-state index contributed by atoms with van der Waals surface area (Å²) in [5.41, 5.74) is 0. The number of rotatable bonds is 3. The summed E-state index contributed by atoms with van der Waals surface area (Å²) in [7, 11) is 0. The van der Waals surface area contributed by atoms with Crippen molar-refractivity contribution in [2.24, 2.45) is 5.92 Å². The second-order valence-corrected chi connectivity index (χ2v) is 3.13. The molecule has 12 heavy (non-hydrogen) atoms. The summed E-state index contributed by atoms with van der Waals surface area (Å²) in [5.74, 6) is 0.617. The molecule has 2 unspecified atom stereocenters. The fourth-order valence-corrected chi connectivity index (χ4v) is 0.975. The van der Waals surface area contributed by atoms with Gasteiger partial charge in [0.15, 0.2) is 0 Å². The Bertz CT molecular complexity index is 209. The molecule has 1 fully saturated rings. The van der Waals surface area contributed by atoms with E-state index in [-0.39, 0.29) is 6.03 Å². The summed E-state index contributed by atoms with van der Waals surface area (Å²) >= 11 is 0. The average Bonchev–Trinajstić information content (AvgIpc) is 2.67. The molecule has 1 aliphatic carbocycles. The van der Waals surface area contributed by atoms with E-state index >= 15 is 0 Å². The zero-order valence-corrected chi connectivity index (χ0v) is 7.13. The molecule has 1 rings (SSSR count). The van der Waals surface area contributed by atoms with E-state index in [4.69, 9.17) is 5.26 Å². The molecule has 4 nitrogen and oxygen atoms in total. The largest absolute Gasteiger partial charge is 0.337 e. The molecule has 0 radical (unpaired) electrons. The molecule has 2 atom stereocenters. The minimum atomic E-state index is -0.153. The first-order valence-electron chi connectivity index (χ1n) is 4.15. The van der Waals surface area contributed by atoms with Crippen molar-refractivity contribution in [1.82, 2.24) is 10.6 Å². The van der Waals surface area contributed by atoms with E-state index in [2.05, 4.69) is 17.6 Å². The summed E-state index contributed by atoms with van der Waals surface area (Å²) in [4.78, 5) is 11.0. The molecule has 0 aromatic heterocycles. The van der Waals surface area contributed by atoms with Crippen molar-refractivity contribution < 1.29 is 4.79 Å². The fraction of sp³-hybridized carbons (Fsp3) is 0.750. The third-order valence-electron chi connectivity index (χ3n) is 1.95. The Balaban J connectivity index is 2.01. The summed E-state index contributed by atoms with van der Waals surface area (Å²) in [5, 5.41) is 13.6. The Morgan fingerprint density at radius 1 is 1.75 bits per heavy atom. The summed E-state index contributed by atoms with van der Waals surface area (Å²) in [6.07, 6.45) is 1.44. The van der Waals surface area contributed by atoms with Gasteiger partial charge in [0.1, 0.15) is 0 Å². The molecule has 0 aromatic rings. The number of hydrogen-bond acceptors (Lipinski definition) is 2. The zero-order chi connectivity index (χ0) is 8.97. The van der Waals surface area contributed by atoms with Crippen molar-refractivity contribution in [2.75, 3.05) is 6.54 Å².